The molecule has 5 nitrogen and oxygen atoms in total. The molecule has 2 amide bonds. The van der Waals surface area contributed by atoms with Crippen molar-refractivity contribution in [3.05, 3.63) is 0 Å². The third kappa shape index (κ3) is 3.96. The molecule has 120 valence electrons. The number of likely N-dealkylation sites (tertiary alicyclic amines) is 1. The van der Waals surface area contributed by atoms with Gasteiger partial charge in [-0.05, 0) is 58.5 Å². The maximum Gasteiger partial charge on any atom is 0.245 e. The van der Waals surface area contributed by atoms with Crippen molar-refractivity contribution in [2.24, 2.45) is 5.92 Å². The molecule has 0 saturated carbocycles. The standard InChI is InChI=1S/C16H29N3O2/c1-3-18(4-2)16(21)14-6-5-11-19(14)15(20)8-7-13-9-10-17-12-13/h13-14,17H,3-12H2,1-2H3. The Morgan fingerprint density at radius 1 is 1.24 bits per heavy atom. The van der Waals surface area contributed by atoms with Crippen LogP contribution < -0.4 is 5.32 Å². The molecule has 2 unspecified atom stereocenters. The molecule has 2 aliphatic heterocycles. The molecular formula is C16H29N3O2. The lowest BCUT2D eigenvalue weighted by molar-refractivity contribution is -0.143. The Balaban J connectivity index is 1.87. The number of hydrogen-bond donors (Lipinski definition) is 1. The topological polar surface area (TPSA) is 52.7 Å². The van der Waals surface area contributed by atoms with Gasteiger partial charge >= 0.3 is 0 Å². The molecule has 0 aromatic heterocycles. The van der Waals surface area contributed by atoms with Gasteiger partial charge < -0.3 is 15.1 Å². The van der Waals surface area contributed by atoms with Crippen LogP contribution in [0, 0.1) is 5.92 Å². The lowest BCUT2D eigenvalue weighted by atomic mass is 10.0. The van der Waals surface area contributed by atoms with Crippen molar-refractivity contribution in [2.75, 3.05) is 32.7 Å². The van der Waals surface area contributed by atoms with E-state index in [1.807, 2.05) is 23.6 Å². The van der Waals surface area contributed by atoms with Gasteiger partial charge in [0.25, 0.3) is 0 Å². The van der Waals surface area contributed by atoms with Crippen LogP contribution in [-0.2, 0) is 9.59 Å². The number of amides is 2. The van der Waals surface area contributed by atoms with Crippen molar-refractivity contribution in [3.8, 4) is 0 Å². The van der Waals surface area contributed by atoms with Gasteiger partial charge in [0.15, 0.2) is 0 Å². The molecule has 2 aliphatic rings. The molecular weight excluding hydrogens is 266 g/mol. The van der Waals surface area contributed by atoms with Gasteiger partial charge in [-0.2, -0.15) is 0 Å². The summed E-state index contributed by atoms with van der Waals surface area (Å²) in [5.74, 6) is 0.937. The molecule has 2 fully saturated rings. The third-order valence-corrected chi connectivity index (χ3v) is 4.86. The Labute approximate surface area is 128 Å². The first-order valence-electron chi connectivity index (χ1n) is 8.46. The molecule has 0 aromatic carbocycles. The summed E-state index contributed by atoms with van der Waals surface area (Å²) in [7, 11) is 0. The van der Waals surface area contributed by atoms with Crippen molar-refractivity contribution in [2.45, 2.75) is 52.0 Å². The maximum absolute atomic E-state index is 12.5. The van der Waals surface area contributed by atoms with Crippen LogP contribution in [0.5, 0.6) is 0 Å². The number of carbonyl (C=O) groups excluding carboxylic acids is 2. The third-order valence-electron chi connectivity index (χ3n) is 4.86. The zero-order valence-electron chi connectivity index (χ0n) is 13.4. The van der Waals surface area contributed by atoms with Gasteiger partial charge in [0.1, 0.15) is 6.04 Å². The monoisotopic (exact) mass is 295 g/mol. The number of rotatable bonds is 6. The molecule has 0 aliphatic carbocycles. The number of nitrogens with zero attached hydrogens (tertiary/aromatic N) is 2. The van der Waals surface area contributed by atoms with E-state index in [0.29, 0.717) is 12.3 Å². The van der Waals surface area contributed by atoms with Crippen LogP contribution in [0.2, 0.25) is 0 Å². The average molecular weight is 295 g/mol. The van der Waals surface area contributed by atoms with Crippen LogP contribution in [0.4, 0.5) is 0 Å². The molecule has 2 rings (SSSR count). The number of hydrogen-bond acceptors (Lipinski definition) is 3. The maximum atomic E-state index is 12.5. The smallest absolute Gasteiger partial charge is 0.245 e. The lowest BCUT2D eigenvalue weighted by Gasteiger charge is -2.29. The van der Waals surface area contributed by atoms with E-state index in [2.05, 4.69) is 5.32 Å². The highest BCUT2D eigenvalue weighted by Gasteiger charge is 2.35. The first-order chi connectivity index (χ1) is 10.2. The van der Waals surface area contributed by atoms with Crippen LogP contribution in [0.25, 0.3) is 0 Å². The molecule has 1 N–H and O–H groups in total. The van der Waals surface area contributed by atoms with E-state index < -0.39 is 0 Å². The predicted molar refractivity (Wildman–Crippen MR) is 82.9 cm³/mol. The Hall–Kier alpha value is -1.10. The summed E-state index contributed by atoms with van der Waals surface area (Å²) in [4.78, 5) is 28.6. The Morgan fingerprint density at radius 2 is 2.00 bits per heavy atom. The molecule has 2 saturated heterocycles. The molecule has 0 aromatic rings. The average Bonchev–Trinajstić information content (AvgIpc) is 3.17. The fraction of sp³-hybridized carbons (Fsp3) is 0.875. The molecule has 2 heterocycles. The van der Waals surface area contributed by atoms with E-state index in [9.17, 15) is 9.59 Å². The van der Waals surface area contributed by atoms with E-state index in [1.165, 1.54) is 6.42 Å². The van der Waals surface area contributed by atoms with Gasteiger partial charge in [0.2, 0.25) is 11.8 Å². The van der Waals surface area contributed by atoms with Crippen LogP contribution in [0.1, 0.15) is 46.0 Å². The van der Waals surface area contributed by atoms with Gasteiger partial charge in [0, 0.05) is 26.1 Å². The predicted octanol–water partition coefficient (Wildman–Crippen LogP) is 1.24. The minimum Gasteiger partial charge on any atom is -0.341 e. The first-order valence-corrected chi connectivity index (χ1v) is 8.46. The van der Waals surface area contributed by atoms with Crippen LogP contribution in [0.15, 0.2) is 0 Å². The van der Waals surface area contributed by atoms with Crippen molar-refractivity contribution in [1.82, 2.24) is 15.1 Å². The quantitative estimate of drug-likeness (QED) is 0.802. The zero-order chi connectivity index (χ0) is 15.2. The van der Waals surface area contributed by atoms with Crippen molar-refractivity contribution in [1.29, 1.82) is 0 Å². The second-order valence-electron chi connectivity index (χ2n) is 6.15. The first kappa shape index (κ1) is 16.3. The molecule has 21 heavy (non-hydrogen) atoms. The van der Waals surface area contributed by atoms with Gasteiger partial charge in [-0.3, -0.25) is 9.59 Å². The van der Waals surface area contributed by atoms with Crippen molar-refractivity contribution < 1.29 is 9.59 Å². The molecule has 2 atom stereocenters. The highest BCUT2D eigenvalue weighted by molar-refractivity contribution is 5.88. The normalized spacial score (nSPS) is 25.3. The Morgan fingerprint density at radius 3 is 2.62 bits per heavy atom. The van der Waals surface area contributed by atoms with Gasteiger partial charge in [-0.15, -0.1) is 0 Å². The summed E-state index contributed by atoms with van der Waals surface area (Å²) in [6.07, 6.45) is 4.50. The largest absolute Gasteiger partial charge is 0.341 e. The van der Waals surface area contributed by atoms with Gasteiger partial charge in [-0.25, -0.2) is 0 Å². The fourth-order valence-electron chi connectivity index (χ4n) is 3.50. The second kappa shape index (κ2) is 7.78. The van der Waals surface area contributed by atoms with Crippen LogP contribution in [0.3, 0.4) is 0 Å². The summed E-state index contributed by atoms with van der Waals surface area (Å²) in [5, 5.41) is 3.34. The summed E-state index contributed by atoms with van der Waals surface area (Å²) in [6, 6.07) is -0.209. The van der Waals surface area contributed by atoms with Crippen molar-refractivity contribution in [3.63, 3.8) is 0 Å². The van der Waals surface area contributed by atoms with E-state index in [4.69, 9.17) is 0 Å². The number of likely N-dealkylation sites (N-methyl/N-ethyl adjacent to an activating group) is 1. The van der Waals surface area contributed by atoms with E-state index in [1.54, 1.807) is 0 Å². The minimum absolute atomic E-state index is 0.133. The Bertz CT molecular complexity index is 363. The second-order valence-corrected chi connectivity index (χ2v) is 6.15. The number of nitrogens with one attached hydrogen (secondary N) is 1. The van der Waals surface area contributed by atoms with Gasteiger partial charge in [-0.1, -0.05) is 0 Å². The summed E-state index contributed by atoms with van der Waals surface area (Å²) >= 11 is 0. The highest BCUT2D eigenvalue weighted by atomic mass is 16.2. The van der Waals surface area contributed by atoms with E-state index >= 15 is 0 Å². The van der Waals surface area contributed by atoms with E-state index in [0.717, 1.165) is 52.0 Å². The summed E-state index contributed by atoms with van der Waals surface area (Å²) < 4.78 is 0. The lowest BCUT2D eigenvalue weighted by Crippen LogP contribution is -2.47. The summed E-state index contributed by atoms with van der Waals surface area (Å²) in [5.41, 5.74) is 0. The fourth-order valence-corrected chi connectivity index (χ4v) is 3.50. The van der Waals surface area contributed by atoms with E-state index in [-0.39, 0.29) is 17.9 Å². The SMILES string of the molecule is CCN(CC)C(=O)C1CCCN1C(=O)CCC1CCNC1. The minimum atomic E-state index is -0.209. The highest BCUT2D eigenvalue weighted by Crippen LogP contribution is 2.22. The molecule has 5 heteroatoms. The Kier molecular flexibility index (Phi) is 6.03. The molecule has 0 bridgehead atoms. The molecule has 0 radical (unpaired) electrons. The zero-order valence-corrected chi connectivity index (χ0v) is 13.4. The van der Waals surface area contributed by atoms with Gasteiger partial charge in [0.05, 0.1) is 0 Å². The van der Waals surface area contributed by atoms with Crippen LogP contribution >= 0.6 is 0 Å². The molecule has 0 spiro atoms. The van der Waals surface area contributed by atoms with Crippen molar-refractivity contribution >= 4 is 11.8 Å². The summed E-state index contributed by atoms with van der Waals surface area (Å²) in [6.45, 7) is 8.30. The van der Waals surface area contributed by atoms with Crippen LogP contribution in [-0.4, -0.2) is 60.4 Å². The number of carbonyl (C=O) groups is 2.